The van der Waals surface area contributed by atoms with E-state index in [1.54, 1.807) is 19.1 Å². The van der Waals surface area contributed by atoms with Gasteiger partial charge < -0.3 is 0 Å². The van der Waals surface area contributed by atoms with Gasteiger partial charge in [-0.2, -0.15) is 0 Å². The largest absolute Gasteiger partial charge is 0.206 e. The van der Waals surface area contributed by atoms with Crippen molar-refractivity contribution in [3.63, 3.8) is 0 Å². The molecule has 0 nitrogen and oxygen atoms in total. The average molecular weight is 166 g/mol. The molecule has 0 aromatic heterocycles. The van der Waals surface area contributed by atoms with Crippen LogP contribution in [0.25, 0.3) is 0 Å². The Morgan fingerprint density at radius 3 is 2.73 bits per heavy atom. The van der Waals surface area contributed by atoms with E-state index in [9.17, 15) is 4.39 Å². The summed E-state index contributed by atoms with van der Waals surface area (Å²) in [6.07, 6.45) is 0. The molecule has 1 unspecified atom stereocenters. The zero-order valence-corrected chi connectivity index (χ0v) is 7.34. The van der Waals surface area contributed by atoms with Crippen LogP contribution in [0.2, 0.25) is 0 Å². The Hall–Kier alpha value is -0.860. The van der Waals surface area contributed by atoms with Crippen molar-refractivity contribution in [2.75, 3.05) is 0 Å². The van der Waals surface area contributed by atoms with Crippen molar-refractivity contribution in [1.29, 1.82) is 0 Å². The molecule has 0 fully saturated rings. The van der Waals surface area contributed by atoms with E-state index in [0.29, 0.717) is 5.30 Å². The van der Waals surface area contributed by atoms with Gasteiger partial charge in [0.05, 0.1) is 0 Å². The highest BCUT2D eigenvalue weighted by Gasteiger charge is 1.95. The molecular weight excluding hydrogens is 158 g/mol. The molecule has 1 rings (SSSR count). The lowest BCUT2D eigenvalue weighted by Gasteiger charge is -1.94. The zero-order valence-electron chi connectivity index (χ0n) is 6.19. The normalized spacial score (nSPS) is 8.64. The molecule has 0 bridgehead atoms. The molecule has 2 heteroatoms. The lowest BCUT2D eigenvalue weighted by atomic mass is 10.2. The topological polar surface area (TPSA) is 0 Å². The van der Waals surface area contributed by atoms with Gasteiger partial charge in [-0.25, -0.2) is 4.39 Å². The van der Waals surface area contributed by atoms with Gasteiger partial charge in [-0.15, -0.1) is 15.2 Å². The van der Waals surface area contributed by atoms with Crippen molar-refractivity contribution in [2.45, 2.75) is 6.92 Å². The third-order valence-corrected chi connectivity index (χ3v) is 1.74. The van der Waals surface area contributed by atoms with Crippen LogP contribution in [0.1, 0.15) is 12.5 Å². The third kappa shape index (κ3) is 2.03. The van der Waals surface area contributed by atoms with Crippen LogP contribution in [-0.4, -0.2) is 0 Å². The Kier molecular flexibility index (Phi) is 2.63. The first-order valence-electron chi connectivity index (χ1n) is 3.22. The second-order valence-electron chi connectivity index (χ2n) is 2.11. The fourth-order valence-corrected chi connectivity index (χ4v) is 0.929. The zero-order chi connectivity index (χ0) is 8.27. The lowest BCUT2D eigenvalue weighted by molar-refractivity contribution is 0.636. The van der Waals surface area contributed by atoms with Crippen LogP contribution in [0.4, 0.5) is 4.39 Å². The second kappa shape index (κ2) is 3.51. The molecule has 1 atom stereocenters. The number of rotatable bonds is 0. The summed E-state index contributed by atoms with van der Waals surface area (Å²) < 4.78 is 12.8. The molecule has 1 aromatic rings. The van der Waals surface area contributed by atoms with Crippen LogP contribution in [0, 0.1) is 17.7 Å². The minimum absolute atomic E-state index is 0.227. The summed E-state index contributed by atoms with van der Waals surface area (Å²) in [6, 6.07) is 4.92. The molecule has 0 heterocycles. The number of benzene rings is 1. The standard InChI is InChI=1S/C9H8FP/c1-2-3-7-4-5-9(11)8(10)6-7/h4-6H,11H2,1H3. The molecule has 0 saturated carbocycles. The number of hydrogen-bond acceptors (Lipinski definition) is 0. The van der Waals surface area contributed by atoms with Gasteiger partial charge in [0.2, 0.25) is 0 Å². The Labute approximate surface area is 68.0 Å². The van der Waals surface area contributed by atoms with E-state index in [4.69, 9.17) is 0 Å². The van der Waals surface area contributed by atoms with Gasteiger partial charge in [-0.05, 0) is 19.1 Å². The molecule has 0 radical (unpaired) electrons. The minimum Gasteiger partial charge on any atom is -0.206 e. The second-order valence-corrected chi connectivity index (χ2v) is 2.73. The molecule has 0 aliphatic carbocycles. The maximum absolute atomic E-state index is 12.8. The predicted octanol–water partition coefficient (Wildman–Crippen LogP) is 1.70. The average Bonchev–Trinajstić information content (AvgIpc) is 1.98. The molecule has 0 amide bonds. The minimum atomic E-state index is -0.227. The first kappa shape index (κ1) is 8.24. The summed E-state index contributed by atoms with van der Waals surface area (Å²) in [5, 5.41) is 0.576. The van der Waals surface area contributed by atoms with Gasteiger partial charge >= 0.3 is 0 Å². The van der Waals surface area contributed by atoms with Gasteiger partial charge in [-0.3, -0.25) is 0 Å². The van der Waals surface area contributed by atoms with Crippen LogP contribution < -0.4 is 5.30 Å². The smallest absolute Gasteiger partial charge is 0.131 e. The van der Waals surface area contributed by atoms with Gasteiger partial charge in [0, 0.05) is 10.9 Å². The van der Waals surface area contributed by atoms with E-state index in [1.807, 2.05) is 0 Å². The molecule has 0 aliphatic heterocycles. The highest BCUT2D eigenvalue weighted by atomic mass is 31.0. The lowest BCUT2D eigenvalue weighted by Crippen LogP contribution is -1.96. The third-order valence-electron chi connectivity index (χ3n) is 1.27. The fraction of sp³-hybridized carbons (Fsp3) is 0.111. The quantitative estimate of drug-likeness (QED) is 0.406. The summed E-state index contributed by atoms with van der Waals surface area (Å²) >= 11 is 0. The summed E-state index contributed by atoms with van der Waals surface area (Å²) in [7, 11) is 2.32. The van der Waals surface area contributed by atoms with E-state index < -0.39 is 0 Å². The van der Waals surface area contributed by atoms with Crippen LogP contribution in [0.5, 0.6) is 0 Å². The van der Waals surface area contributed by atoms with Gasteiger partial charge in [0.25, 0.3) is 0 Å². The van der Waals surface area contributed by atoms with Crippen molar-refractivity contribution in [3.8, 4) is 11.8 Å². The SMILES string of the molecule is CC#Cc1ccc(P)c(F)c1. The summed E-state index contributed by atoms with van der Waals surface area (Å²) in [6.45, 7) is 1.73. The Morgan fingerprint density at radius 1 is 1.45 bits per heavy atom. The van der Waals surface area contributed by atoms with E-state index in [-0.39, 0.29) is 5.82 Å². The van der Waals surface area contributed by atoms with Crippen molar-refractivity contribution < 1.29 is 4.39 Å². The van der Waals surface area contributed by atoms with Crippen LogP contribution >= 0.6 is 9.24 Å². The molecule has 11 heavy (non-hydrogen) atoms. The van der Waals surface area contributed by atoms with E-state index in [1.165, 1.54) is 6.07 Å². The summed E-state index contributed by atoms with van der Waals surface area (Å²) in [5.74, 6) is 5.26. The highest BCUT2D eigenvalue weighted by Crippen LogP contribution is 2.02. The number of halogens is 1. The van der Waals surface area contributed by atoms with Crippen LogP contribution in [0.3, 0.4) is 0 Å². The molecule has 0 spiro atoms. The Balaban J connectivity index is 3.12. The number of hydrogen-bond donors (Lipinski definition) is 0. The maximum Gasteiger partial charge on any atom is 0.131 e. The highest BCUT2D eigenvalue weighted by molar-refractivity contribution is 7.27. The van der Waals surface area contributed by atoms with E-state index in [2.05, 4.69) is 21.1 Å². The summed E-state index contributed by atoms with van der Waals surface area (Å²) in [5.41, 5.74) is 0.719. The van der Waals surface area contributed by atoms with E-state index >= 15 is 0 Å². The first-order chi connectivity index (χ1) is 5.24. The van der Waals surface area contributed by atoms with Gasteiger partial charge in [-0.1, -0.05) is 12.0 Å². The molecular formula is C9H8FP. The Bertz CT molecular complexity index is 320. The van der Waals surface area contributed by atoms with Crippen molar-refractivity contribution >= 4 is 14.5 Å². The molecule has 56 valence electrons. The van der Waals surface area contributed by atoms with Crippen LogP contribution in [-0.2, 0) is 0 Å². The van der Waals surface area contributed by atoms with Gasteiger partial charge in [0.1, 0.15) is 5.82 Å². The molecule has 0 saturated heterocycles. The summed E-state index contributed by atoms with van der Waals surface area (Å²) in [4.78, 5) is 0. The molecule has 1 aromatic carbocycles. The van der Waals surface area contributed by atoms with Crippen LogP contribution in [0.15, 0.2) is 18.2 Å². The van der Waals surface area contributed by atoms with Gasteiger partial charge in [0.15, 0.2) is 0 Å². The molecule has 0 aliphatic rings. The fourth-order valence-electron chi connectivity index (χ4n) is 0.749. The Morgan fingerprint density at radius 2 is 2.18 bits per heavy atom. The predicted molar refractivity (Wildman–Crippen MR) is 48.3 cm³/mol. The molecule has 0 N–H and O–H groups in total. The van der Waals surface area contributed by atoms with E-state index in [0.717, 1.165) is 5.56 Å². The maximum atomic E-state index is 12.8. The first-order valence-corrected chi connectivity index (χ1v) is 3.79. The van der Waals surface area contributed by atoms with Crippen molar-refractivity contribution in [3.05, 3.63) is 29.6 Å². The van der Waals surface area contributed by atoms with Crippen molar-refractivity contribution in [2.24, 2.45) is 0 Å². The monoisotopic (exact) mass is 166 g/mol. The van der Waals surface area contributed by atoms with Crippen molar-refractivity contribution in [1.82, 2.24) is 0 Å².